The summed E-state index contributed by atoms with van der Waals surface area (Å²) in [6.07, 6.45) is 0.771. The van der Waals surface area contributed by atoms with Crippen LogP contribution < -0.4 is 10.1 Å². The van der Waals surface area contributed by atoms with Crippen LogP contribution in [0.5, 0.6) is 5.75 Å². The van der Waals surface area contributed by atoms with E-state index in [1.807, 2.05) is 12.1 Å². The molecule has 1 atom stereocenters. The van der Waals surface area contributed by atoms with Crippen LogP contribution in [0.4, 0.5) is 0 Å². The third-order valence-electron chi connectivity index (χ3n) is 3.94. The molecule has 8 heteroatoms. The van der Waals surface area contributed by atoms with E-state index in [4.69, 9.17) is 9.26 Å². The standard InChI is InChI=1S/C16H22N4O2S.ClH/c1-20-9-8-17-11-14(20)16-18-15(22-19-16)7-10-23-13-5-3-12(21-2)4-6-13;/h3-6,14,17H,7-11H2,1-2H3;1H. The van der Waals surface area contributed by atoms with Crippen LogP contribution in [-0.2, 0) is 6.42 Å². The van der Waals surface area contributed by atoms with Crippen LogP contribution in [0.1, 0.15) is 17.8 Å². The molecular formula is C16H23ClN4O2S. The van der Waals surface area contributed by atoms with E-state index in [1.54, 1.807) is 18.9 Å². The Morgan fingerprint density at radius 1 is 1.38 bits per heavy atom. The van der Waals surface area contributed by atoms with Crippen molar-refractivity contribution in [2.24, 2.45) is 0 Å². The van der Waals surface area contributed by atoms with Gasteiger partial charge in [-0.2, -0.15) is 4.98 Å². The zero-order valence-corrected chi connectivity index (χ0v) is 15.5. The number of halogens is 1. The first-order valence-electron chi connectivity index (χ1n) is 7.76. The zero-order valence-electron chi connectivity index (χ0n) is 13.9. The van der Waals surface area contributed by atoms with Gasteiger partial charge in [-0.15, -0.1) is 24.2 Å². The molecule has 2 heterocycles. The Morgan fingerprint density at radius 2 is 2.17 bits per heavy atom. The molecule has 1 aliphatic heterocycles. The average molecular weight is 371 g/mol. The quantitative estimate of drug-likeness (QED) is 0.783. The van der Waals surface area contributed by atoms with Crippen molar-refractivity contribution in [3.05, 3.63) is 36.0 Å². The van der Waals surface area contributed by atoms with Gasteiger partial charge in [0, 0.05) is 36.7 Å². The molecule has 132 valence electrons. The molecule has 0 saturated carbocycles. The van der Waals surface area contributed by atoms with Crippen molar-refractivity contribution in [2.75, 3.05) is 39.5 Å². The van der Waals surface area contributed by atoms with Gasteiger partial charge in [0.25, 0.3) is 0 Å². The van der Waals surface area contributed by atoms with Crippen molar-refractivity contribution in [2.45, 2.75) is 17.4 Å². The maximum atomic E-state index is 5.39. The molecule has 24 heavy (non-hydrogen) atoms. The molecule has 0 radical (unpaired) electrons. The van der Waals surface area contributed by atoms with E-state index in [0.717, 1.165) is 43.4 Å². The van der Waals surface area contributed by atoms with E-state index in [0.29, 0.717) is 5.89 Å². The topological polar surface area (TPSA) is 63.4 Å². The molecule has 1 N–H and O–H groups in total. The molecule has 2 aromatic rings. The fraction of sp³-hybridized carbons (Fsp3) is 0.500. The van der Waals surface area contributed by atoms with Gasteiger partial charge in [0.05, 0.1) is 13.2 Å². The summed E-state index contributed by atoms with van der Waals surface area (Å²) in [6.45, 7) is 2.88. The highest BCUT2D eigenvalue weighted by Crippen LogP contribution is 2.23. The minimum atomic E-state index is 0. The van der Waals surface area contributed by atoms with E-state index in [9.17, 15) is 0 Å². The monoisotopic (exact) mass is 370 g/mol. The number of thioether (sulfide) groups is 1. The number of nitrogens with one attached hydrogen (secondary N) is 1. The van der Waals surface area contributed by atoms with Gasteiger partial charge in [-0.1, -0.05) is 5.16 Å². The number of hydrogen-bond donors (Lipinski definition) is 1. The van der Waals surface area contributed by atoms with Crippen LogP contribution in [0.25, 0.3) is 0 Å². The Morgan fingerprint density at radius 3 is 2.88 bits per heavy atom. The second kappa shape index (κ2) is 9.27. The minimum absolute atomic E-state index is 0. The number of piperazine rings is 1. The molecule has 0 aliphatic carbocycles. The number of rotatable bonds is 6. The molecule has 3 rings (SSSR count). The molecule has 1 aromatic carbocycles. The van der Waals surface area contributed by atoms with Gasteiger partial charge in [0.2, 0.25) is 5.89 Å². The number of hydrogen-bond acceptors (Lipinski definition) is 7. The van der Waals surface area contributed by atoms with E-state index in [2.05, 4.69) is 39.5 Å². The third-order valence-corrected chi connectivity index (χ3v) is 4.95. The second-order valence-corrected chi connectivity index (χ2v) is 6.69. The molecule has 1 unspecified atom stereocenters. The largest absolute Gasteiger partial charge is 0.497 e. The van der Waals surface area contributed by atoms with Crippen LogP contribution in [-0.4, -0.2) is 54.6 Å². The van der Waals surface area contributed by atoms with Gasteiger partial charge >= 0.3 is 0 Å². The number of aromatic nitrogens is 2. The van der Waals surface area contributed by atoms with E-state index >= 15 is 0 Å². The van der Waals surface area contributed by atoms with Crippen LogP contribution in [0.2, 0.25) is 0 Å². The third kappa shape index (κ3) is 4.86. The number of nitrogens with zero attached hydrogens (tertiary/aromatic N) is 3. The Labute approximate surface area is 152 Å². The first-order valence-corrected chi connectivity index (χ1v) is 8.75. The fourth-order valence-corrected chi connectivity index (χ4v) is 3.37. The predicted octanol–water partition coefficient (Wildman–Crippen LogP) is 2.41. The summed E-state index contributed by atoms with van der Waals surface area (Å²) in [5.74, 6) is 3.28. The maximum absolute atomic E-state index is 5.39. The number of ether oxygens (including phenoxy) is 1. The molecule has 0 amide bonds. The predicted molar refractivity (Wildman–Crippen MR) is 97.2 cm³/mol. The van der Waals surface area contributed by atoms with Crippen LogP contribution >= 0.6 is 24.2 Å². The van der Waals surface area contributed by atoms with Crippen molar-refractivity contribution in [1.29, 1.82) is 0 Å². The molecule has 0 bridgehead atoms. The summed E-state index contributed by atoms with van der Waals surface area (Å²) in [7, 11) is 3.77. The lowest BCUT2D eigenvalue weighted by molar-refractivity contribution is 0.190. The second-order valence-electron chi connectivity index (χ2n) is 5.52. The van der Waals surface area contributed by atoms with Crippen molar-refractivity contribution >= 4 is 24.2 Å². The van der Waals surface area contributed by atoms with Crippen molar-refractivity contribution in [1.82, 2.24) is 20.4 Å². The Hall–Kier alpha value is -1.28. The summed E-state index contributed by atoms with van der Waals surface area (Å²) < 4.78 is 10.6. The molecule has 6 nitrogen and oxygen atoms in total. The first kappa shape index (κ1) is 19.1. The average Bonchev–Trinajstić information content (AvgIpc) is 3.04. The number of aryl methyl sites for hydroxylation is 1. The Balaban J connectivity index is 0.00000208. The van der Waals surface area contributed by atoms with Crippen LogP contribution in [0.3, 0.4) is 0 Å². The van der Waals surface area contributed by atoms with Gasteiger partial charge in [-0.25, -0.2) is 0 Å². The summed E-state index contributed by atoms with van der Waals surface area (Å²) >= 11 is 1.77. The van der Waals surface area contributed by atoms with Gasteiger partial charge in [0.15, 0.2) is 5.82 Å². The Bertz CT molecular complexity index is 623. The number of likely N-dealkylation sites (N-methyl/N-ethyl adjacent to an activating group) is 1. The molecular weight excluding hydrogens is 348 g/mol. The normalized spacial score (nSPS) is 18.2. The highest BCUT2D eigenvalue weighted by molar-refractivity contribution is 7.99. The smallest absolute Gasteiger partial charge is 0.227 e. The Kier molecular flexibility index (Phi) is 7.36. The number of methoxy groups -OCH3 is 1. The lowest BCUT2D eigenvalue weighted by Gasteiger charge is -2.30. The number of benzene rings is 1. The zero-order chi connectivity index (χ0) is 16.1. The van der Waals surface area contributed by atoms with Crippen LogP contribution in [0, 0.1) is 0 Å². The van der Waals surface area contributed by atoms with Crippen molar-refractivity contribution in [3.63, 3.8) is 0 Å². The van der Waals surface area contributed by atoms with Crippen molar-refractivity contribution in [3.8, 4) is 5.75 Å². The molecule has 1 fully saturated rings. The summed E-state index contributed by atoms with van der Waals surface area (Å²) in [5.41, 5.74) is 0. The van der Waals surface area contributed by atoms with E-state index in [-0.39, 0.29) is 18.4 Å². The van der Waals surface area contributed by atoms with Gasteiger partial charge in [-0.3, -0.25) is 4.90 Å². The first-order chi connectivity index (χ1) is 11.3. The highest BCUT2D eigenvalue weighted by atomic mass is 35.5. The summed E-state index contributed by atoms with van der Waals surface area (Å²) in [4.78, 5) is 8.02. The van der Waals surface area contributed by atoms with Gasteiger partial charge in [0.1, 0.15) is 5.75 Å². The molecule has 0 spiro atoms. The minimum Gasteiger partial charge on any atom is -0.497 e. The summed E-state index contributed by atoms with van der Waals surface area (Å²) in [5, 5.41) is 7.51. The van der Waals surface area contributed by atoms with Crippen LogP contribution in [0.15, 0.2) is 33.7 Å². The SMILES string of the molecule is COc1ccc(SCCc2nc(C3CNCCN3C)no2)cc1.Cl. The summed E-state index contributed by atoms with van der Waals surface area (Å²) in [6, 6.07) is 8.27. The maximum Gasteiger partial charge on any atom is 0.227 e. The van der Waals surface area contributed by atoms with Crippen molar-refractivity contribution < 1.29 is 9.26 Å². The van der Waals surface area contributed by atoms with Gasteiger partial charge in [-0.05, 0) is 31.3 Å². The lowest BCUT2D eigenvalue weighted by Crippen LogP contribution is -2.44. The van der Waals surface area contributed by atoms with Gasteiger partial charge < -0.3 is 14.6 Å². The lowest BCUT2D eigenvalue weighted by atomic mass is 10.2. The van der Waals surface area contributed by atoms with E-state index in [1.165, 1.54) is 4.90 Å². The molecule has 1 aromatic heterocycles. The molecule has 1 aliphatic rings. The highest BCUT2D eigenvalue weighted by Gasteiger charge is 2.25. The molecule has 1 saturated heterocycles. The van der Waals surface area contributed by atoms with E-state index < -0.39 is 0 Å². The fourth-order valence-electron chi connectivity index (χ4n) is 2.53.